The Kier molecular flexibility index (Phi) is 3.13. The maximum Gasteiger partial charge on any atom is 0.140 e. The summed E-state index contributed by atoms with van der Waals surface area (Å²) in [5.41, 5.74) is 3.58. The number of fused-ring (bicyclic) bond motifs is 1. The lowest BCUT2D eigenvalue weighted by atomic mass is 9.88. The van der Waals surface area contributed by atoms with Crippen LogP contribution in [0.4, 0.5) is 5.69 Å². The van der Waals surface area contributed by atoms with Crippen molar-refractivity contribution in [3.05, 3.63) is 30.9 Å². The fraction of sp³-hybridized carbons (Fsp3) is 0.444. The molecule has 0 aromatic carbocycles. The van der Waals surface area contributed by atoms with Gasteiger partial charge in [0.25, 0.3) is 0 Å². The summed E-state index contributed by atoms with van der Waals surface area (Å²) in [4.78, 5) is 18.0. The Morgan fingerprint density at radius 3 is 2.92 bits per heavy atom. The molecule has 3 aromatic rings. The van der Waals surface area contributed by atoms with Gasteiger partial charge in [0, 0.05) is 49.0 Å². The van der Waals surface area contributed by atoms with Gasteiger partial charge in [-0.3, -0.25) is 0 Å². The highest BCUT2D eigenvalue weighted by atomic mass is 15.2. The number of hydrogen-bond acceptors (Lipinski definition) is 4. The second kappa shape index (κ2) is 5.34. The van der Waals surface area contributed by atoms with E-state index in [1.54, 1.807) is 6.20 Å². The van der Waals surface area contributed by atoms with E-state index in [1.807, 2.05) is 18.6 Å². The summed E-state index contributed by atoms with van der Waals surface area (Å²) in [6.45, 7) is 3.32. The Morgan fingerprint density at radius 1 is 1.08 bits per heavy atom. The quantitative estimate of drug-likeness (QED) is 0.678. The number of rotatable bonds is 2. The number of anilines is 1. The molecule has 0 aliphatic carbocycles. The second-order valence-corrected chi connectivity index (χ2v) is 7.03. The summed E-state index contributed by atoms with van der Waals surface area (Å²) < 4.78 is 0. The lowest BCUT2D eigenvalue weighted by molar-refractivity contribution is 0.280. The molecular weight excluding hydrogens is 300 g/mol. The Morgan fingerprint density at radius 2 is 2.08 bits per heavy atom. The van der Waals surface area contributed by atoms with Crippen LogP contribution in [-0.2, 0) is 0 Å². The summed E-state index contributed by atoms with van der Waals surface area (Å²) >= 11 is 0. The first-order valence-corrected chi connectivity index (χ1v) is 8.81. The minimum atomic E-state index is 0.301. The van der Waals surface area contributed by atoms with Gasteiger partial charge in [-0.25, -0.2) is 9.97 Å². The van der Waals surface area contributed by atoms with Crippen LogP contribution in [0.3, 0.4) is 0 Å². The normalized spacial score (nSPS) is 24.2. The molecule has 3 aromatic heterocycles. The van der Waals surface area contributed by atoms with Crippen molar-refractivity contribution in [1.82, 2.24) is 25.3 Å². The van der Waals surface area contributed by atoms with E-state index in [-0.39, 0.29) is 0 Å². The molecule has 124 valence electrons. The summed E-state index contributed by atoms with van der Waals surface area (Å²) in [6, 6.07) is 2.14. The van der Waals surface area contributed by atoms with E-state index >= 15 is 0 Å². The SMILES string of the molecule is c1c[nH]c(-c2c[nH]c3nccc(N4CCC5(CCCCN5)C4)c23)n1. The zero-order valence-electron chi connectivity index (χ0n) is 13.7. The van der Waals surface area contributed by atoms with Crippen molar-refractivity contribution in [1.29, 1.82) is 0 Å². The van der Waals surface area contributed by atoms with E-state index in [1.165, 1.54) is 36.8 Å². The molecule has 0 saturated carbocycles. The van der Waals surface area contributed by atoms with Crippen LogP contribution in [0.2, 0.25) is 0 Å². The van der Waals surface area contributed by atoms with Crippen LogP contribution < -0.4 is 10.2 Å². The van der Waals surface area contributed by atoms with Crippen LogP contribution in [0.5, 0.6) is 0 Å². The first-order chi connectivity index (χ1) is 11.8. The molecule has 1 unspecified atom stereocenters. The van der Waals surface area contributed by atoms with Crippen molar-refractivity contribution >= 4 is 16.7 Å². The fourth-order valence-electron chi connectivity index (χ4n) is 4.36. The minimum absolute atomic E-state index is 0.301. The van der Waals surface area contributed by atoms with E-state index in [4.69, 9.17) is 0 Å². The average molecular weight is 322 g/mol. The number of imidazole rings is 1. The molecule has 2 fully saturated rings. The Balaban J connectivity index is 1.56. The van der Waals surface area contributed by atoms with E-state index in [2.05, 4.69) is 36.2 Å². The minimum Gasteiger partial charge on any atom is -0.369 e. The first kappa shape index (κ1) is 14.0. The van der Waals surface area contributed by atoms with Gasteiger partial charge in [0.05, 0.1) is 11.1 Å². The number of piperidine rings is 1. The molecule has 2 saturated heterocycles. The summed E-state index contributed by atoms with van der Waals surface area (Å²) in [5, 5.41) is 4.96. The highest BCUT2D eigenvalue weighted by Gasteiger charge is 2.39. The zero-order valence-corrected chi connectivity index (χ0v) is 13.7. The van der Waals surface area contributed by atoms with Crippen molar-refractivity contribution in [2.24, 2.45) is 0 Å². The number of aromatic nitrogens is 4. The molecular formula is C18H22N6. The molecule has 2 aliphatic heterocycles. The number of aromatic amines is 2. The molecule has 0 amide bonds. The molecule has 2 aliphatic rings. The zero-order chi connectivity index (χ0) is 16.0. The van der Waals surface area contributed by atoms with Gasteiger partial charge < -0.3 is 20.2 Å². The van der Waals surface area contributed by atoms with Crippen LogP contribution >= 0.6 is 0 Å². The predicted octanol–water partition coefficient (Wildman–Crippen LogP) is 2.68. The molecule has 24 heavy (non-hydrogen) atoms. The van der Waals surface area contributed by atoms with E-state index in [9.17, 15) is 0 Å². The Labute approximate surface area is 140 Å². The van der Waals surface area contributed by atoms with Crippen molar-refractivity contribution < 1.29 is 0 Å². The number of pyridine rings is 1. The topological polar surface area (TPSA) is 72.6 Å². The molecule has 1 atom stereocenters. The third-order valence-corrected chi connectivity index (χ3v) is 5.58. The van der Waals surface area contributed by atoms with Crippen LogP contribution in [0.25, 0.3) is 22.4 Å². The van der Waals surface area contributed by atoms with Gasteiger partial charge in [0.1, 0.15) is 11.5 Å². The molecule has 0 bridgehead atoms. The van der Waals surface area contributed by atoms with E-state index in [0.717, 1.165) is 36.7 Å². The van der Waals surface area contributed by atoms with Gasteiger partial charge in [0.15, 0.2) is 0 Å². The van der Waals surface area contributed by atoms with Crippen LogP contribution in [0, 0.1) is 0 Å². The lowest BCUT2D eigenvalue weighted by Crippen LogP contribution is -2.50. The number of nitrogens with zero attached hydrogens (tertiary/aromatic N) is 3. The van der Waals surface area contributed by atoms with Gasteiger partial charge in [-0.2, -0.15) is 0 Å². The van der Waals surface area contributed by atoms with Gasteiger partial charge in [-0.05, 0) is 31.9 Å². The summed E-state index contributed by atoms with van der Waals surface area (Å²) in [5.74, 6) is 0.889. The lowest BCUT2D eigenvalue weighted by Gasteiger charge is -2.35. The fourth-order valence-corrected chi connectivity index (χ4v) is 4.36. The van der Waals surface area contributed by atoms with Crippen molar-refractivity contribution in [3.63, 3.8) is 0 Å². The second-order valence-electron chi connectivity index (χ2n) is 7.03. The van der Waals surface area contributed by atoms with Crippen LogP contribution in [0.1, 0.15) is 25.7 Å². The number of H-pyrrole nitrogens is 2. The molecule has 0 radical (unpaired) electrons. The highest BCUT2D eigenvalue weighted by Crippen LogP contribution is 2.38. The van der Waals surface area contributed by atoms with Crippen LogP contribution in [0.15, 0.2) is 30.9 Å². The summed E-state index contributed by atoms with van der Waals surface area (Å²) in [7, 11) is 0. The van der Waals surface area contributed by atoms with Gasteiger partial charge >= 0.3 is 0 Å². The van der Waals surface area contributed by atoms with Crippen molar-refractivity contribution in [3.8, 4) is 11.4 Å². The monoisotopic (exact) mass is 322 g/mol. The highest BCUT2D eigenvalue weighted by molar-refractivity contribution is 6.01. The average Bonchev–Trinajstić information content (AvgIpc) is 3.34. The molecule has 1 spiro atoms. The maximum atomic E-state index is 4.51. The summed E-state index contributed by atoms with van der Waals surface area (Å²) in [6.07, 6.45) is 12.7. The molecule has 5 heterocycles. The Hall–Kier alpha value is -2.34. The number of hydrogen-bond donors (Lipinski definition) is 3. The van der Waals surface area contributed by atoms with Gasteiger partial charge in [-0.15, -0.1) is 0 Å². The maximum absolute atomic E-state index is 4.51. The van der Waals surface area contributed by atoms with E-state index in [0.29, 0.717) is 5.54 Å². The molecule has 6 nitrogen and oxygen atoms in total. The third-order valence-electron chi connectivity index (χ3n) is 5.58. The van der Waals surface area contributed by atoms with E-state index < -0.39 is 0 Å². The largest absolute Gasteiger partial charge is 0.369 e. The predicted molar refractivity (Wildman–Crippen MR) is 95.1 cm³/mol. The Bertz CT molecular complexity index is 844. The number of nitrogens with one attached hydrogen (secondary N) is 3. The molecule has 5 rings (SSSR count). The molecule has 6 heteroatoms. The van der Waals surface area contributed by atoms with Gasteiger partial charge in [0.2, 0.25) is 0 Å². The van der Waals surface area contributed by atoms with Crippen molar-refractivity contribution in [2.75, 3.05) is 24.5 Å². The van der Waals surface area contributed by atoms with Crippen LogP contribution in [-0.4, -0.2) is 45.1 Å². The smallest absolute Gasteiger partial charge is 0.140 e. The van der Waals surface area contributed by atoms with Crippen molar-refractivity contribution in [2.45, 2.75) is 31.2 Å². The first-order valence-electron chi connectivity index (χ1n) is 8.81. The molecule has 3 N–H and O–H groups in total. The third kappa shape index (κ3) is 2.13. The standard InChI is InChI=1S/C18H22N6/c1-2-6-23-18(4-1)5-10-24(12-18)14-3-7-19-17-15(14)13(11-22-17)16-20-8-9-21-16/h3,7-9,11,23H,1-2,4-6,10,12H2,(H,19,22)(H,20,21). The van der Waals surface area contributed by atoms with Gasteiger partial charge in [-0.1, -0.05) is 6.42 Å².